The number of para-hydroxylation sites is 2. The van der Waals surface area contributed by atoms with Gasteiger partial charge in [-0.2, -0.15) is 0 Å². The lowest BCUT2D eigenvalue weighted by molar-refractivity contribution is 0.631. The molecule has 2 heteroatoms. The molecule has 0 aliphatic carbocycles. The van der Waals surface area contributed by atoms with Gasteiger partial charge in [0.1, 0.15) is 22.7 Å². The van der Waals surface area contributed by atoms with Gasteiger partial charge >= 0.3 is 0 Å². The monoisotopic (exact) mass is 562 g/mol. The summed E-state index contributed by atoms with van der Waals surface area (Å²) in [5.41, 5.74) is 8.72. The van der Waals surface area contributed by atoms with Crippen molar-refractivity contribution in [1.29, 1.82) is 0 Å². The maximum absolute atomic E-state index is 6.26. The molecule has 0 N–H and O–H groups in total. The summed E-state index contributed by atoms with van der Waals surface area (Å²) in [6.07, 6.45) is 0. The third-order valence-electron chi connectivity index (χ3n) is 8.65. The third-order valence-corrected chi connectivity index (χ3v) is 8.65. The van der Waals surface area contributed by atoms with Crippen molar-refractivity contribution in [1.82, 2.24) is 0 Å². The molecule has 0 saturated heterocycles. The lowest BCUT2D eigenvalue weighted by Gasteiger charge is -2.18. The van der Waals surface area contributed by atoms with Crippen molar-refractivity contribution in [2.24, 2.45) is 0 Å². The van der Waals surface area contributed by atoms with E-state index in [4.69, 9.17) is 8.83 Å². The highest BCUT2D eigenvalue weighted by molar-refractivity contribution is 6.21. The Labute approximate surface area is 254 Å². The van der Waals surface area contributed by atoms with Crippen molar-refractivity contribution in [3.8, 4) is 44.9 Å². The summed E-state index contributed by atoms with van der Waals surface area (Å²) in [6.45, 7) is 0. The van der Waals surface area contributed by atoms with Crippen LogP contribution < -0.4 is 0 Å². The second-order valence-electron chi connectivity index (χ2n) is 11.3. The molecule has 2 nitrogen and oxygen atoms in total. The fourth-order valence-corrected chi connectivity index (χ4v) is 6.65. The van der Waals surface area contributed by atoms with Crippen LogP contribution in [0.25, 0.3) is 88.4 Å². The molecule has 206 valence electrons. The minimum Gasteiger partial charge on any atom is -0.456 e. The molecule has 0 fully saturated rings. The van der Waals surface area contributed by atoms with Crippen LogP contribution in [0.1, 0.15) is 0 Å². The lowest BCUT2D eigenvalue weighted by atomic mass is 9.85. The van der Waals surface area contributed by atoms with E-state index in [1.807, 2.05) is 36.4 Å². The number of benzene rings is 7. The van der Waals surface area contributed by atoms with Gasteiger partial charge in [-0.25, -0.2) is 0 Å². The van der Waals surface area contributed by atoms with Crippen LogP contribution in [0.5, 0.6) is 0 Å². The van der Waals surface area contributed by atoms with Crippen LogP contribution in [0.15, 0.2) is 167 Å². The van der Waals surface area contributed by atoms with Gasteiger partial charge in [-0.3, -0.25) is 0 Å². The predicted molar refractivity (Wildman–Crippen MR) is 183 cm³/mol. The molecule has 2 aromatic heterocycles. The molecule has 44 heavy (non-hydrogen) atoms. The molecular formula is C42H26O2. The second kappa shape index (κ2) is 9.86. The summed E-state index contributed by atoms with van der Waals surface area (Å²) in [4.78, 5) is 0. The van der Waals surface area contributed by atoms with Crippen LogP contribution in [0.4, 0.5) is 0 Å². The quantitative estimate of drug-likeness (QED) is 0.199. The highest BCUT2D eigenvalue weighted by Gasteiger charge is 2.18. The molecule has 0 atom stereocenters. The van der Waals surface area contributed by atoms with E-state index in [1.54, 1.807) is 0 Å². The molecule has 0 unspecified atom stereocenters. The van der Waals surface area contributed by atoms with E-state index in [0.717, 1.165) is 55.7 Å². The first-order valence-electron chi connectivity index (χ1n) is 14.9. The van der Waals surface area contributed by atoms with Crippen molar-refractivity contribution in [2.75, 3.05) is 0 Å². The highest BCUT2D eigenvalue weighted by atomic mass is 16.3. The average molecular weight is 563 g/mol. The van der Waals surface area contributed by atoms with E-state index < -0.39 is 0 Å². The topological polar surface area (TPSA) is 26.3 Å². The van der Waals surface area contributed by atoms with E-state index in [9.17, 15) is 0 Å². The smallest absolute Gasteiger partial charge is 0.135 e. The van der Waals surface area contributed by atoms with Gasteiger partial charge in [-0.15, -0.1) is 0 Å². The number of fused-ring (bicyclic) bond motifs is 4. The van der Waals surface area contributed by atoms with Gasteiger partial charge in [0.2, 0.25) is 0 Å². The Morgan fingerprint density at radius 3 is 1.07 bits per heavy atom. The molecule has 0 aliphatic heterocycles. The largest absolute Gasteiger partial charge is 0.456 e. The Bertz CT molecular complexity index is 2210. The summed E-state index contributed by atoms with van der Waals surface area (Å²) in [7, 11) is 0. The van der Waals surface area contributed by atoms with Crippen molar-refractivity contribution >= 4 is 43.5 Å². The molecule has 0 aliphatic rings. The van der Waals surface area contributed by atoms with Gasteiger partial charge in [0.15, 0.2) is 0 Å². The molecule has 0 amide bonds. The SMILES string of the molecule is c1cc(-c2cc3ccccc3o2)cc(-c2c3ccccc3c(-c3cccc(-c4cc5ccccc5o4)c3)c3ccccc23)c1. The summed E-state index contributed by atoms with van der Waals surface area (Å²) < 4.78 is 12.5. The minimum absolute atomic E-state index is 0.876. The molecule has 0 saturated carbocycles. The summed E-state index contributed by atoms with van der Waals surface area (Å²) in [6, 6.07) is 55.6. The summed E-state index contributed by atoms with van der Waals surface area (Å²) in [5, 5.41) is 7.10. The van der Waals surface area contributed by atoms with E-state index in [-0.39, 0.29) is 0 Å². The molecule has 0 bridgehead atoms. The van der Waals surface area contributed by atoms with E-state index in [0.29, 0.717) is 0 Å². The van der Waals surface area contributed by atoms with Gasteiger partial charge in [-0.05, 0) is 80.2 Å². The molecule has 0 spiro atoms. The first-order valence-corrected chi connectivity index (χ1v) is 14.9. The van der Waals surface area contributed by atoms with Gasteiger partial charge in [0, 0.05) is 21.9 Å². The minimum atomic E-state index is 0.876. The van der Waals surface area contributed by atoms with Crippen LogP contribution >= 0.6 is 0 Å². The van der Waals surface area contributed by atoms with Crippen LogP contribution in [0.3, 0.4) is 0 Å². The molecule has 7 aromatic carbocycles. The van der Waals surface area contributed by atoms with Gasteiger partial charge < -0.3 is 8.83 Å². The number of hydrogen-bond acceptors (Lipinski definition) is 2. The van der Waals surface area contributed by atoms with Gasteiger partial charge in [-0.1, -0.05) is 121 Å². The van der Waals surface area contributed by atoms with Crippen molar-refractivity contribution in [2.45, 2.75) is 0 Å². The first-order chi connectivity index (χ1) is 21.8. The van der Waals surface area contributed by atoms with E-state index in [2.05, 4.69) is 121 Å². The summed E-state index contributed by atoms with van der Waals surface area (Å²) in [5.74, 6) is 1.75. The van der Waals surface area contributed by atoms with Crippen LogP contribution in [0, 0.1) is 0 Å². The fraction of sp³-hybridized carbons (Fsp3) is 0. The predicted octanol–water partition coefficient (Wildman–Crippen LogP) is 12.2. The Balaban J connectivity index is 1.26. The Morgan fingerprint density at radius 1 is 0.295 bits per heavy atom. The zero-order chi connectivity index (χ0) is 29.0. The van der Waals surface area contributed by atoms with Crippen LogP contribution in [-0.4, -0.2) is 0 Å². The average Bonchev–Trinajstić information content (AvgIpc) is 3.72. The number of furan rings is 2. The Kier molecular flexibility index (Phi) is 5.54. The first kappa shape index (κ1) is 24.7. The molecule has 9 rings (SSSR count). The van der Waals surface area contributed by atoms with E-state index in [1.165, 1.54) is 32.7 Å². The molecular weight excluding hydrogens is 536 g/mol. The molecule has 9 aromatic rings. The normalized spacial score (nSPS) is 11.6. The van der Waals surface area contributed by atoms with Crippen LogP contribution in [0.2, 0.25) is 0 Å². The zero-order valence-corrected chi connectivity index (χ0v) is 23.8. The Hall–Kier alpha value is -5.86. The van der Waals surface area contributed by atoms with E-state index >= 15 is 0 Å². The van der Waals surface area contributed by atoms with Crippen molar-refractivity contribution < 1.29 is 8.83 Å². The Morgan fingerprint density at radius 2 is 0.659 bits per heavy atom. The van der Waals surface area contributed by atoms with Crippen molar-refractivity contribution in [3.05, 3.63) is 158 Å². The third kappa shape index (κ3) is 3.96. The van der Waals surface area contributed by atoms with Crippen LogP contribution in [-0.2, 0) is 0 Å². The molecule has 0 radical (unpaired) electrons. The van der Waals surface area contributed by atoms with Gasteiger partial charge in [0.25, 0.3) is 0 Å². The number of hydrogen-bond donors (Lipinski definition) is 0. The zero-order valence-electron chi connectivity index (χ0n) is 23.8. The maximum Gasteiger partial charge on any atom is 0.135 e. The fourth-order valence-electron chi connectivity index (χ4n) is 6.65. The second-order valence-corrected chi connectivity index (χ2v) is 11.3. The maximum atomic E-state index is 6.26. The number of rotatable bonds is 4. The lowest BCUT2D eigenvalue weighted by Crippen LogP contribution is -1.91. The molecule has 2 heterocycles. The van der Waals surface area contributed by atoms with Gasteiger partial charge in [0.05, 0.1) is 0 Å². The summed E-state index contributed by atoms with van der Waals surface area (Å²) >= 11 is 0. The standard InChI is InChI=1S/C42H26O2/c1-7-21-37-29(11-1)25-39(43-37)27-13-9-15-31(23-27)41-33-17-3-5-19-35(33)42(36-20-6-4-18-34(36)41)32-16-10-14-28(24-32)40-26-30-12-2-8-22-38(30)44-40/h1-26H. The van der Waals surface area contributed by atoms with Crippen molar-refractivity contribution in [3.63, 3.8) is 0 Å². The highest BCUT2D eigenvalue weighted by Crippen LogP contribution is 2.45.